The van der Waals surface area contributed by atoms with Crippen molar-refractivity contribution in [3.05, 3.63) is 54.7 Å². The number of imidazole rings is 1. The molecule has 0 bridgehead atoms. The molecule has 0 spiro atoms. The van der Waals surface area contributed by atoms with Crippen LogP contribution in [0.4, 0.5) is 0 Å². The van der Waals surface area contributed by atoms with Crippen LogP contribution in [0.5, 0.6) is 0 Å². The number of pyridine rings is 1. The number of para-hydroxylation sites is 2. The molecule has 2 aromatic carbocycles. The second kappa shape index (κ2) is 7.43. The van der Waals surface area contributed by atoms with Crippen molar-refractivity contribution in [1.29, 1.82) is 0 Å². The van der Waals surface area contributed by atoms with Crippen molar-refractivity contribution >= 4 is 42.9 Å². The number of fused-ring (bicyclic) bond motifs is 4. The van der Waals surface area contributed by atoms with E-state index in [4.69, 9.17) is 0 Å². The number of aromatic nitrogens is 4. The Balaban J connectivity index is 1.42. The molecule has 32 heavy (non-hydrogen) atoms. The van der Waals surface area contributed by atoms with Crippen molar-refractivity contribution in [2.75, 3.05) is 0 Å². The maximum absolute atomic E-state index is 13.0. The van der Waals surface area contributed by atoms with Gasteiger partial charge in [0.25, 0.3) is 0 Å². The van der Waals surface area contributed by atoms with Gasteiger partial charge >= 0.3 is 0 Å². The third-order valence-corrected chi connectivity index (χ3v) is 7.84. The Morgan fingerprint density at radius 2 is 1.69 bits per heavy atom. The van der Waals surface area contributed by atoms with Crippen molar-refractivity contribution in [3.63, 3.8) is 0 Å². The predicted molar refractivity (Wildman–Crippen MR) is 126 cm³/mol. The van der Waals surface area contributed by atoms with Gasteiger partial charge in [0, 0.05) is 22.3 Å². The second-order valence-electron chi connectivity index (χ2n) is 8.51. The Hall–Kier alpha value is -3.23. The summed E-state index contributed by atoms with van der Waals surface area (Å²) in [5.41, 5.74) is 4.27. The molecule has 3 N–H and O–H groups in total. The first kappa shape index (κ1) is 19.5. The Bertz CT molecular complexity index is 1530. The average molecular weight is 446 g/mol. The second-order valence-corrected chi connectivity index (χ2v) is 10.2. The highest BCUT2D eigenvalue weighted by Crippen LogP contribution is 2.30. The molecule has 7 nitrogen and oxygen atoms in total. The van der Waals surface area contributed by atoms with Gasteiger partial charge in [-0.15, -0.1) is 0 Å². The zero-order valence-electron chi connectivity index (χ0n) is 17.4. The van der Waals surface area contributed by atoms with E-state index in [-0.39, 0.29) is 6.04 Å². The van der Waals surface area contributed by atoms with Gasteiger partial charge in [-0.05, 0) is 49.2 Å². The van der Waals surface area contributed by atoms with Gasteiger partial charge in [0.15, 0.2) is 5.82 Å². The highest BCUT2D eigenvalue weighted by atomic mass is 32.2. The SMILES string of the molecule is O=S(=O)(NC1CCCCC1)c1ccc2[nH]c3cnc(-c4nc5ccccc5[nH]4)cc3c2c1. The van der Waals surface area contributed by atoms with Gasteiger partial charge < -0.3 is 9.97 Å². The van der Waals surface area contributed by atoms with Crippen LogP contribution in [0.1, 0.15) is 32.1 Å². The molecule has 5 aromatic rings. The summed E-state index contributed by atoms with van der Waals surface area (Å²) in [7, 11) is -3.58. The highest BCUT2D eigenvalue weighted by Gasteiger charge is 2.22. The third-order valence-electron chi connectivity index (χ3n) is 6.32. The number of rotatable bonds is 4. The van der Waals surface area contributed by atoms with Crippen LogP contribution >= 0.6 is 0 Å². The van der Waals surface area contributed by atoms with Crippen LogP contribution < -0.4 is 4.72 Å². The minimum absolute atomic E-state index is 0.0244. The molecule has 1 saturated carbocycles. The monoisotopic (exact) mass is 445 g/mol. The molecule has 8 heteroatoms. The fraction of sp³-hybridized carbons (Fsp3) is 0.250. The molecule has 1 fully saturated rings. The van der Waals surface area contributed by atoms with Gasteiger partial charge in [0.1, 0.15) is 5.69 Å². The van der Waals surface area contributed by atoms with Crippen molar-refractivity contribution in [2.24, 2.45) is 0 Å². The van der Waals surface area contributed by atoms with Crippen LogP contribution in [0.2, 0.25) is 0 Å². The Morgan fingerprint density at radius 1 is 0.875 bits per heavy atom. The van der Waals surface area contributed by atoms with Crippen molar-refractivity contribution in [3.8, 4) is 11.5 Å². The lowest BCUT2D eigenvalue weighted by molar-refractivity contribution is 0.412. The summed E-state index contributed by atoms with van der Waals surface area (Å²) in [4.78, 5) is 16.1. The van der Waals surface area contributed by atoms with Crippen molar-refractivity contribution in [2.45, 2.75) is 43.0 Å². The molecule has 1 aliphatic rings. The van der Waals surface area contributed by atoms with Gasteiger partial charge in [-0.1, -0.05) is 31.4 Å². The van der Waals surface area contributed by atoms with E-state index in [1.54, 1.807) is 18.3 Å². The Morgan fingerprint density at radius 3 is 2.53 bits per heavy atom. The van der Waals surface area contributed by atoms with Crippen LogP contribution in [0.15, 0.2) is 59.6 Å². The van der Waals surface area contributed by atoms with Crippen molar-refractivity contribution < 1.29 is 8.42 Å². The van der Waals surface area contributed by atoms with Crippen LogP contribution in [-0.4, -0.2) is 34.4 Å². The quantitative estimate of drug-likeness (QED) is 0.367. The predicted octanol–water partition coefficient (Wildman–Crippen LogP) is 4.87. The van der Waals surface area contributed by atoms with E-state index in [1.165, 1.54) is 6.42 Å². The standard InChI is InChI=1S/C24H23N5O2S/c30-32(31,29-15-6-2-1-3-7-15)16-10-11-19-17(12-16)18-13-22(25-14-23(18)26-19)24-27-20-8-4-5-9-21(20)28-24/h4-5,8-15,26,29H,1-3,6-7H2,(H,27,28). The fourth-order valence-electron chi connectivity index (χ4n) is 4.66. The summed E-state index contributed by atoms with van der Waals surface area (Å²) in [5, 5.41) is 1.77. The van der Waals surface area contributed by atoms with E-state index in [0.717, 1.165) is 58.5 Å². The number of benzene rings is 2. The van der Waals surface area contributed by atoms with Gasteiger partial charge in [-0.2, -0.15) is 0 Å². The van der Waals surface area contributed by atoms with Crippen LogP contribution in [-0.2, 0) is 10.0 Å². The van der Waals surface area contributed by atoms with Gasteiger partial charge in [-0.25, -0.2) is 18.1 Å². The number of nitrogens with one attached hydrogen (secondary N) is 3. The molecule has 0 saturated heterocycles. The number of H-pyrrole nitrogens is 2. The summed E-state index contributed by atoms with van der Waals surface area (Å²) >= 11 is 0. The van der Waals surface area contributed by atoms with Crippen molar-refractivity contribution in [1.82, 2.24) is 24.7 Å². The maximum Gasteiger partial charge on any atom is 0.240 e. The average Bonchev–Trinajstić information content (AvgIpc) is 3.40. The number of sulfonamides is 1. The van der Waals surface area contributed by atoms with Gasteiger partial charge in [0.05, 0.1) is 27.6 Å². The molecule has 0 aliphatic heterocycles. The molecular formula is C24H23N5O2S. The number of hydrogen-bond donors (Lipinski definition) is 3. The minimum Gasteiger partial charge on any atom is -0.353 e. The van der Waals surface area contributed by atoms with Gasteiger partial charge in [-0.3, -0.25) is 4.98 Å². The number of aromatic amines is 2. The van der Waals surface area contributed by atoms with E-state index >= 15 is 0 Å². The lowest BCUT2D eigenvalue weighted by atomic mass is 9.96. The summed E-state index contributed by atoms with van der Waals surface area (Å²) in [6, 6.07) is 15.1. The number of nitrogens with zero attached hydrogens (tertiary/aromatic N) is 2. The lowest BCUT2D eigenvalue weighted by Crippen LogP contribution is -2.36. The molecular weight excluding hydrogens is 422 g/mol. The Kier molecular flexibility index (Phi) is 4.51. The van der Waals surface area contributed by atoms with E-state index < -0.39 is 10.0 Å². The van der Waals surface area contributed by atoms with E-state index in [9.17, 15) is 8.42 Å². The molecule has 162 valence electrons. The summed E-state index contributed by atoms with van der Waals surface area (Å²) in [6.45, 7) is 0. The lowest BCUT2D eigenvalue weighted by Gasteiger charge is -2.22. The van der Waals surface area contributed by atoms with E-state index in [2.05, 4.69) is 24.7 Å². The summed E-state index contributed by atoms with van der Waals surface area (Å²) in [6.07, 6.45) is 6.91. The third kappa shape index (κ3) is 3.36. The van der Waals surface area contributed by atoms with Crippen LogP contribution in [0, 0.1) is 0 Å². The molecule has 3 heterocycles. The maximum atomic E-state index is 13.0. The minimum atomic E-state index is -3.58. The highest BCUT2D eigenvalue weighted by molar-refractivity contribution is 7.89. The smallest absolute Gasteiger partial charge is 0.240 e. The molecule has 0 unspecified atom stereocenters. The summed E-state index contributed by atoms with van der Waals surface area (Å²) in [5.74, 6) is 0.685. The first-order chi connectivity index (χ1) is 15.6. The molecule has 6 rings (SSSR count). The topological polar surface area (TPSA) is 104 Å². The normalized spacial score (nSPS) is 15.8. The first-order valence-corrected chi connectivity index (χ1v) is 12.4. The summed E-state index contributed by atoms with van der Waals surface area (Å²) < 4.78 is 29.0. The molecule has 0 atom stereocenters. The molecule has 0 radical (unpaired) electrons. The Labute approximate surface area is 185 Å². The largest absolute Gasteiger partial charge is 0.353 e. The van der Waals surface area contributed by atoms with Crippen LogP contribution in [0.25, 0.3) is 44.4 Å². The van der Waals surface area contributed by atoms with Crippen LogP contribution in [0.3, 0.4) is 0 Å². The van der Waals surface area contributed by atoms with E-state index in [1.807, 2.05) is 36.4 Å². The van der Waals surface area contributed by atoms with Gasteiger partial charge in [0.2, 0.25) is 10.0 Å². The fourth-order valence-corrected chi connectivity index (χ4v) is 5.99. The van der Waals surface area contributed by atoms with E-state index in [0.29, 0.717) is 16.4 Å². The first-order valence-electron chi connectivity index (χ1n) is 11.0. The molecule has 3 aromatic heterocycles. The molecule has 0 amide bonds. The zero-order chi connectivity index (χ0) is 21.7. The number of hydrogen-bond acceptors (Lipinski definition) is 4. The molecule has 1 aliphatic carbocycles. The zero-order valence-corrected chi connectivity index (χ0v) is 18.2.